The molecule has 0 saturated carbocycles. The van der Waals surface area contributed by atoms with Crippen molar-refractivity contribution < 1.29 is 17.6 Å². The van der Waals surface area contributed by atoms with Gasteiger partial charge in [0.05, 0.1) is 22.8 Å². The van der Waals surface area contributed by atoms with Crippen molar-refractivity contribution in [1.82, 2.24) is 15.3 Å². The third kappa shape index (κ3) is 7.92. The number of benzene rings is 2. The molecule has 2 N–H and O–H groups in total. The van der Waals surface area contributed by atoms with E-state index in [1.54, 1.807) is 6.07 Å². The summed E-state index contributed by atoms with van der Waals surface area (Å²) in [4.78, 5) is 8.84. The van der Waals surface area contributed by atoms with Crippen molar-refractivity contribution in [3.63, 3.8) is 0 Å². The molecular weight excluding hydrogens is 536 g/mol. The Morgan fingerprint density at radius 1 is 1.10 bits per heavy atom. The fourth-order valence-corrected chi connectivity index (χ4v) is 4.59. The predicted molar refractivity (Wildman–Crippen MR) is 157 cm³/mol. The number of nitrogens with zero attached hydrogens (tertiary/aromatic N) is 2. The Hall–Kier alpha value is -3.66. The maximum atomic E-state index is 11.3. The number of sulfone groups is 1. The molecule has 4 rings (SSSR count). The van der Waals surface area contributed by atoms with E-state index in [9.17, 15) is 8.42 Å². The van der Waals surface area contributed by atoms with Crippen LogP contribution in [0.2, 0.25) is 5.02 Å². The molecule has 0 unspecified atom stereocenters. The van der Waals surface area contributed by atoms with E-state index in [0.29, 0.717) is 47.8 Å². The number of ether oxygens (including phenoxy) is 1. The monoisotopic (exact) mass is 566 g/mol. The van der Waals surface area contributed by atoms with Gasteiger partial charge in [0.2, 0.25) is 0 Å². The van der Waals surface area contributed by atoms with E-state index in [0.717, 1.165) is 27.7 Å². The van der Waals surface area contributed by atoms with Crippen LogP contribution in [0.5, 0.6) is 5.75 Å². The van der Waals surface area contributed by atoms with E-state index in [4.69, 9.17) is 20.8 Å². The number of anilines is 2. The number of nitrogens with one attached hydrogen (secondary N) is 2. The van der Waals surface area contributed by atoms with Crippen LogP contribution in [-0.2, 0) is 16.4 Å². The Morgan fingerprint density at radius 2 is 1.95 bits per heavy atom. The highest BCUT2D eigenvalue weighted by Crippen LogP contribution is 2.32. The van der Waals surface area contributed by atoms with Crippen LogP contribution in [0.4, 0.5) is 11.5 Å². The van der Waals surface area contributed by atoms with Gasteiger partial charge in [-0.25, -0.2) is 18.4 Å². The number of aromatic nitrogens is 2. The zero-order valence-corrected chi connectivity index (χ0v) is 23.6. The van der Waals surface area contributed by atoms with Crippen LogP contribution < -0.4 is 15.4 Å². The van der Waals surface area contributed by atoms with Gasteiger partial charge < -0.3 is 19.8 Å². The molecule has 0 radical (unpaired) electrons. The second-order valence-electron chi connectivity index (χ2n) is 8.95. The summed E-state index contributed by atoms with van der Waals surface area (Å²) in [7, 11) is -3.01. The molecular formula is C29H31ClN4O4S. The molecule has 39 heavy (non-hydrogen) atoms. The third-order valence-corrected chi connectivity index (χ3v) is 7.11. The predicted octanol–water partition coefficient (Wildman–Crippen LogP) is 6.32. The molecule has 0 atom stereocenters. The number of halogens is 1. The summed E-state index contributed by atoms with van der Waals surface area (Å²) in [6.45, 7) is 5.16. The normalized spacial score (nSPS) is 12.4. The zero-order chi connectivity index (χ0) is 27.8. The first-order valence-electron chi connectivity index (χ1n) is 12.5. The van der Waals surface area contributed by atoms with Gasteiger partial charge in [0.25, 0.3) is 0 Å². The summed E-state index contributed by atoms with van der Waals surface area (Å²) in [5.41, 5.74) is 3.47. The van der Waals surface area contributed by atoms with Gasteiger partial charge in [-0.1, -0.05) is 29.8 Å². The van der Waals surface area contributed by atoms with Gasteiger partial charge in [-0.3, -0.25) is 0 Å². The average molecular weight is 567 g/mol. The minimum atomic E-state index is -3.01. The quantitative estimate of drug-likeness (QED) is 0.151. The van der Waals surface area contributed by atoms with Crippen molar-refractivity contribution >= 4 is 43.8 Å². The summed E-state index contributed by atoms with van der Waals surface area (Å²) < 4.78 is 34.5. The van der Waals surface area contributed by atoms with Crippen molar-refractivity contribution in [2.75, 3.05) is 30.5 Å². The first kappa shape index (κ1) is 28.4. The van der Waals surface area contributed by atoms with Crippen molar-refractivity contribution in [1.29, 1.82) is 0 Å². The van der Waals surface area contributed by atoms with Crippen LogP contribution >= 0.6 is 11.6 Å². The van der Waals surface area contributed by atoms with Gasteiger partial charge >= 0.3 is 0 Å². The molecule has 0 spiro atoms. The van der Waals surface area contributed by atoms with Gasteiger partial charge in [-0.05, 0) is 68.0 Å². The minimum absolute atomic E-state index is 0.0790. The minimum Gasteiger partial charge on any atom is -0.487 e. The molecule has 4 aromatic rings. The number of hydrogen-bond donors (Lipinski definition) is 2. The molecule has 0 aliphatic carbocycles. The second kappa shape index (κ2) is 12.9. The second-order valence-corrected chi connectivity index (χ2v) is 11.6. The topological polar surface area (TPSA) is 106 Å². The largest absolute Gasteiger partial charge is 0.487 e. The van der Waals surface area contributed by atoms with Crippen molar-refractivity contribution in [3.8, 4) is 17.1 Å². The molecule has 0 fully saturated rings. The van der Waals surface area contributed by atoms with Crippen molar-refractivity contribution in [3.05, 3.63) is 89.4 Å². The van der Waals surface area contributed by atoms with Gasteiger partial charge in [0.1, 0.15) is 45.9 Å². The Bertz CT molecular complexity index is 1610. The molecule has 204 valence electrons. The average Bonchev–Trinajstić information content (AvgIpc) is 3.38. The Labute approximate surface area is 233 Å². The van der Waals surface area contributed by atoms with Crippen LogP contribution in [0.1, 0.15) is 19.6 Å². The van der Waals surface area contributed by atoms with Crippen molar-refractivity contribution in [2.45, 2.75) is 20.4 Å². The maximum absolute atomic E-state index is 11.3. The fraction of sp³-hybridized carbons (Fsp3) is 0.241. The molecule has 2 aromatic carbocycles. The lowest BCUT2D eigenvalue weighted by Gasteiger charge is -2.12. The lowest BCUT2D eigenvalue weighted by molar-refractivity contribution is 0.355. The first-order chi connectivity index (χ1) is 18.8. The standard InChI is InChI=1S/C29H31ClN4O4S/c1-4-6-20(5-2)18-37-28-11-8-22(16-25(28)30)34-29-24-15-21(7-10-26(24)32-19-33-29)27-12-9-23(38-27)17-31-13-14-39(3,35)36/h4-12,15-16,19,31H,13-14,17-18H2,1-3H3,(H,32,33,34)/b6-4-,20-5+. The van der Waals surface area contributed by atoms with Crippen LogP contribution in [0.15, 0.2) is 83.1 Å². The van der Waals surface area contributed by atoms with E-state index in [1.807, 2.05) is 74.5 Å². The zero-order valence-electron chi connectivity index (χ0n) is 22.1. The number of fused-ring (bicyclic) bond motifs is 1. The van der Waals surface area contributed by atoms with E-state index < -0.39 is 9.84 Å². The SMILES string of the molecule is C/C=C\C(=C/C)COc1ccc(Nc2ncnc3ccc(-c4ccc(CNCCS(C)(=O)=O)o4)cc23)cc1Cl. The number of allylic oxidation sites excluding steroid dienone is 2. The van der Waals surface area contributed by atoms with Crippen LogP contribution in [0, 0.1) is 0 Å². The van der Waals surface area contributed by atoms with E-state index in [1.165, 1.54) is 12.6 Å². The summed E-state index contributed by atoms with van der Waals surface area (Å²) in [6.07, 6.45) is 8.70. The number of hydrogen-bond acceptors (Lipinski definition) is 8. The number of furan rings is 1. The molecule has 0 saturated heterocycles. The van der Waals surface area contributed by atoms with Crippen molar-refractivity contribution in [2.24, 2.45) is 0 Å². The summed E-state index contributed by atoms with van der Waals surface area (Å²) >= 11 is 6.51. The van der Waals surface area contributed by atoms with Crippen LogP contribution in [-0.4, -0.2) is 43.5 Å². The first-order valence-corrected chi connectivity index (χ1v) is 14.9. The highest BCUT2D eigenvalue weighted by Gasteiger charge is 2.11. The molecule has 10 heteroatoms. The van der Waals surface area contributed by atoms with E-state index >= 15 is 0 Å². The molecule has 0 aliphatic rings. The van der Waals surface area contributed by atoms with E-state index in [2.05, 4.69) is 20.6 Å². The lowest BCUT2D eigenvalue weighted by atomic mass is 10.1. The smallest absolute Gasteiger partial charge is 0.148 e. The Kier molecular flexibility index (Phi) is 9.40. The van der Waals surface area contributed by atoms with Crippen LogP contribution in [0.25, 0.3) is 22.2 Å². The van der Waals surface area contributed by atoms with E-state index in [-0.39, 0.29) is 5.75 Å². The van der Waals surface area contributed by atoms with Gasteiger partial charge in [-0.2, -0.15) is 0 Å². The lowest BCUT2D eigenvalue weighted by Crippen LogP contribution is -2.21. The van der Waals surface area contributed by atoms with Gasteiger partial charge in [-0.15, -0.1) is 0 Å². The summed E-state index contributed by atoms with van der Waals surface area (Å²) in [5, 5.41) is 7.74. The Morgan fingerprint density at radius 3 is 2.69 bits per heavy atom. The maximum Gasteiger partial charge on any atom is 0.148 e. The van der Waals surface area contributed by atoms with Gasteiger partial charge in [0, 0.05) is 29.4 Å². The fourth-order valence-electron chi connectivity index (χ4n) is 3.84. The Balaban J connectivity index is 1.49. The van der Waals surface area contributed by atoms with Crippen LogP contribution in [0.3, 0.4) is 0 Å². The van der Waals surface area contributed by atoms with Gasteiger partial charge in [0.15, 0.2) is 0 Å². The molecule has 0 amide bonds. The third-order valence-electron chi connectivity index (χ3n) is 5.87. The summed E-state index contributed by atoms with van der Waals surface area (Å²) in [5.74, 6) is 2.71. The molecule has 0 bridgehead atoms. The molecule has 8 nitrogen and oxygen atoms in total. The highest BCUT2D eigenvalue weighted by atomic mass is 35.5. The molecule has 2 heterocycles. The highest BCUT2D eigenvalue weighted by molar-refractivity contribution is 7.90. The number of rotatable bonds is 12. The molecule has 0 aliphatic heterocycles. The summed E-state index contributed by atoms with van der Waals surface area (Å²) in [6, 6.07) is 15.1. The molecule has 2 aromatic heterocycles.